The van der Waals surface area contributed by atoms with Crippen LogP contribution in [-0.4, -0.2) is 58.9 Å². The molecule has 2 N–H and O–H groups in total. The lowest BCUT2D eigenvalue weighted by molar-refractivity contribution is -0.121. The van der Waals surface area contributed by atoms with Gasteiger partial charge in [-0.05, 0) is 88.7 Å². The summed E-state index contributed by atoms with van der Waals surface area (Å²) >= 11 is 5.93. The molecule has 1 saturated carbocycles. The lowest BCUT2D eigenvalue weighted by Crippen LogP contribution is -2.38. The zero-order chi connectivity index (χ0) is 26.1. The van der Waals surface area contributed by atoms with Crippen LogP contribution in [0.4, 0.5) is 17.3 Å². The molecule has 38 heavy (non-hydrogen) atoms. The van der Waals surface area contributed by atoms with Crippen molar-refractivity contribution in [3.63, 3.8) is 0 Å². The molecule has 6 rings (SSSR count). The molecule has 2 aliphatic heterocycles. The highest BCUT2D eigenvalue weighted by Gasteiger charge is 2.32. The van der Waals surface area contributed by atoms with Crippen molar-refractivity contribution in [2.45, 2.75) is 57.4 Å². The normalized spacial score (nSPS) is 22.2. The maximum atomic E-state index is 13.5. The molecule has 3 fully saturated rings. The minimum atomic E-state index is -0.506. The molecule has 3 aromatic rings. The lowest BCUT2D eigenvalue weighted by Gasteiger charge is -2.33. The zero-order valence-corrected chi connectivity index (χ0v) is 22.2. The molecular weight excluding hydrogens is 504 g/mol. The Hall–Kier alpha value is -3.17. The van der Waals surface area contributed by atoms with Gasteiger partial charge in [-0.3, -0.25) is 9.59 Å². The van der Waals surface area contributed by atoms with E-state index < -0.39 is 5.91 Å². The summed E-state index contributed by atoms with van der Waals surface area (Å²) in [6.45, 7) is 4.23. The van der Waals surface area contributed by atoms with Gasteiger partial charge in [0.25, 0.3) is 5.91 Å². The predicted octanol–water partition coefficient (Wildman–Crippen LogP) is 5.32. The highest BCUT2D eigenvalue weighted by molar-refractivity contribution is 6.30. The van der Waals surface area contributed by atoms with Crippen LogP contribution in [0.1, 0.15) is 61.9 Å². The first-order valence-electron chi connectivity index (χ1n) is 13.7. The summed E-state index contributed by atoms with van der Waals surface area (Å²) in [5, 5.41) is 6.27. The Morgan fingerprint density at radius 2 is 1.66 bits per heavy atom. The van der Waals surface area contributed by atoms with Crippen molar-refractivity contribution in [1.82, 2.24) is 14.9 Å². The molecule has 10 heteroatoms. The van der Waals surface area contributed by atoms with Gasteiger partial charge < -0.3 is 24.9 Å². The largest absolute Gasteiger partial charge is 0.447 e. The molecule has 200 valence electrons. The van der Waals surface area contributed by atoms with Gasteiger partial charge >= 0.3 is 0 Å². The number of hydrogen-bond acceptors (Lipinski definition) is 7. The third-order valence-electron chi connectivity index (χ3n) is 8.10. The molecule has 0 aromatic carbocycles. The Bertz CT molecular complexity index is 1310. The SMILES string of the molecule is O=C(Nc1ccc(Cl)cn1)c1oc2ccc(N3CCCC3)nc2c1NC(=O)C1CCC(N2CCCC2)CC1. The molecular formula is C28H33ClN6O3. The molecule has 3 aromatic heterocycles. The quantitative estimate of drug-likeness (QED) is 0.439. The summed E-state index contributed by atoms with van der Waals surface area (Å²) in [7, 11) is 0. The summed E-state index contributed by atoms with van der Waals surface area (Å²) in [5.74, 6) is 0.483. The Morgan fingerprint density at radius 1 is 0.921 bits per heavy atom. The van der Waals surface area contributed by atoms with Crippen LogP contribution in [-0.2, 0) is 4.79 Å². The van der Waals surface area contributed by atoms with Crippen LogP contribution >= 0.6 is 11.6 Å². The van der Waals surface area contributed by atoms with Crippen LogP contribution in [0.5, 0.6) is 0 Å². The summed E-state index contributed by atoms with van der Waals surface area (Å²) in [6, 6.07) is 7.57. The number of amides is 2. The van der Waals surface area contributed by atoms with Crippen molar-refractivity contribution in [3.05, 3.63) is 41.2 Å². The Kier molecular flexibility index (Phi) is 7.21. The van der Waals surface area contributed by atoms with Crippen molar-refractivity contribution in [2.75, 3.05) is 41.7 Å². The molecule has 9 nitrogen and oxygen atoms in total. The van der Waals surface area contributed by atoms with E-state index in [1.807, 2.05) is 12.1 Å². The van der Waals surface area contributed by atoms with Gasteiger partial charge in [0.1, 0.15) is 22.8 Å². The number of nitrogens with zero attached hydrogens (tertiary/aromatic N) is 4. The smallest absolute Gasteiger partial charge is 0.294 e. The van der Waals surface area contributed by atoms with Gasteiger partial charge in [-0.25, -0.2) is 9.97 Å². The van der Waals surface area contributed by atoms with Crippen molar-refractivity contribution < 1.29 is 14.0 Å². The summed E-state index contributed by atoms with van der Waals surface area (Å²) < 4.78 is 5.98. The van der Waals surface area contributed by atoms with Gasteiger partial charge in [0.05, 0.1) is 5.02 Å². The van der Waals surface area contributed by atoms with Crippen LogP contribution in [0.25, 0.3) is 11.1 Å². The number of carbonyl (C=O) groups excluding carboxylic acids is 2. The number of fused-ring (bicyclic) bond motifs is 1. The number of likely N-dealkylation sites (tertiary alicyclic amines) is 1. The van der Waals surface area contributed by atoms with Crippen LogP contribution in [0.15, 0.2) is 34.9 Å². The molecule has 0 spiro atoms. The Balaban J connectivity index is 1.26. The minimum absolute atomic E-state index is 0.0157. The third kappa shape index (κ3) is 5.22. The van der Waals surface area contributed by atoms with E-state index in [4.69, 9.17) is 21.0 Å². The van der Waals surface area contributed by atoms with E-state index in [0.29, 0.717) is 33.7 Å². The number of anilines is 3. The molecule has 5 heterocycles. The number of furan rings is 1. The highest BCUT2D eigenvalue weighted by atomic mass is 35.5. The number of carbonyl (C=O) groups is 2. The lowest BCUT2D eigenvalue weighted by atomic mass is 9.85. The van der Waals surface area contributed by atoms with Crippen molar-refractivity contribution >= 4 is 51.8 Å². The van der Waals surface area contributed by atoms with E-state index in [9.17, 15) is 9.59 Å². The first-order chi connectivity index (χ1) is 18.5. The van der Waals surface area contributed by atoms with Crippen molar-refractivity contribution in [1.29, 1.82) is 0 Å². The molecule has 3 aliphatic rings. The number of aromatic nitrogens is 2. The van der Waals surface area contributed by atoms with Gasteiger partial charge in [-0.15, -0.1) is 0 Å². The number of pyridine rings is 2. The molecule has 0 radical (unpaired) electrons. The Morgan fingerprint density at radius 3 is 2.37 bits per heavy atom. The monoisotopic (exact) mass is 536 g/mol. The second-order valence-electron chi connectivity index (χ2n) is 10.6. The summed E-state index contributed by atoms with van der Waals surface area (Å²) in [5.41, 5.74) is 1.26. The topological polar surface area (TPSA) is 104 Å². The van der Waals surface area contributed by atoms with Gasteiger partial charge in [0, 0.05) is 31.2 Å². The molecule has 1 aliphatic carbocycles. The van der Waals surface area contributed by atoms with Crippen LogP contribution in [0, 0.1) is 5.92 Å². The number of rotatable bonds is 6. The fourth-order valence-corrected chi connectivity index (χ4v) is 6.13. The third-order valence-corrected chi connectivity index (χ3v) is 8.32. The van der Waals surface area contributed by atoms with E-state index in [2.05, 4.69) is 25.4 Å². The molecule has 0 atom stereocenters. The predicted molar refractivity (Wildman–Crippen MR) is 148 cm³/mol. The van der Waals surface area contributed by atoms with E-state index in [0.717, 1.165) is 57.4 Å². The maximum Gasteiger partial charge on any atom is 0.294 e. The van der Waals surface area contributed by atoms with Gasteiger partial charge in [-0.2, -0.15) is 0 Å². The first-order valence-corrected chi connectivity index (χ1v) is 14.1. The molecule has 0 unspecified atom stereocenters. The summed E-state index contributed by atoms with van der Waals surface area (Å²) in [6.07, 6.45) is 9.98. The molecule has 2 saturated heterocycles. The van der Waals surface area contributed by atoms with E-state index in [-0.39, 0.29) is 17.6 Å². The van der Waals surface area contributed by atoms with E-state index in [1.165, 1.54) is 32.1 Å². The van der Waals surface area contributed by atoms with Crippen molar-refractivity contribution in [3.8, 4) is 0 Å². The second kappa shape index (κ2) is 10.9. The van der Waals surface area contributed by atoms with Gasteiger partial charge in [-0.1, -0.05) is 11.6 Å². The van der Waals surface area contributed by atoms with Gasteiger partial charge in [0.2, 0.25) is 11.7 Å². The second-order valence-corrected chi connectivity index (χ2v) is 11.0. The first kappa shape index (κ1) is 25.1. The molecule has 0 bridgehead atoms. The zero-order valence-electron chi connectivity index (χ0n) is 21.4. The average molecular weight is 537 g/mol. The fraction of sp³-hybridized carbons (Fsp3) is 0.500. The Labute approximate surface area is 226 Å². The number of hydrogen-bond donors (Lipinski definition) is 2. The van der Waals surface area contributed by atoms with E-state index in [1.54, 1.807) is 12.1 Å². The minimum Gasteiger partial charge on any atom is -0.447 e. The van der Waals surface area contributed by atoms with Crippen LogP contribution in [0.3, 0.4) is 0 Å². The average Bonchev–Trinajstić information content (AvgIpc) is 3.72. The van der Waals surface area contributed by atoms with Crippen molar-refractivity contribution in [2.24, 2.45) is 5.92 Å². The maximum absolute atomic E-state index is 13.5. The fourth-order valence-electron chi connectivity index (χ4n) is 6.02. The molecule has 2 amide bonds. The van der Waals surface area contributed by atoms with Crippen LogP contribution in [0.2, 0.25) is 5.02 Å². The van der Waals surface area contributed by atoms with Crippen LogP contribution < -0.4 is 15.5 Å². The van der Waals surface area contributed by atoms with Gasteiger partial charge in [0.15, 0.2) is 5.58 Å². The van der Waals surface area contributed by atoms with E-state index >= 15 is 0 Å². The highest BCUT2D eigenvalue weighted by Crippen LogP contribution is 2.35. The summed E-state index contributed by atoms with van der Waals surface area (Å²) in [4.78, 5) is 40.6. The number of nitrogens with one attached hydrogen (secondary N) is 2. The number of halogens is 1. The standard InChI is InChI=1S/C28H33ClN6O3/c29-19-7-11-22(30-17-19)31-28(37)26-25(24-21(38-26)10-12-23(32-24)35-15-3-4-16-35)33-27(36)18-5-8-20(9-6-18)34-13-1-2-14-34/h7,10-12,17-18,20H,1-6,8-9,13-16H2,(H,33,36)(H,30,31,37).